The molecule has 0 aromatic carbocycles. The number of aryl methyl sites for hydroxylation is 1. The quantitative estimate of drug-likeness (QED) is 0.209. The summed E-state index contributed by atoms with van der Waals surface area (Å²) in [4.78, 5) is 52.4. The van der Waals surface area contributed by atoms with Gasteiger partial charge in [-0.1, -0.05) is 0 Å². The van der Waals surface area contributed by atoms with E-state index >= 15 is 0 Å². The van der Waals surface area contributed by atoms with Gasteiger partial charge in [0.25, 0.3) is 0 Å². The molecule has 1 saturated heterocycles. The number of carbonyl (C=O) groups is 1. The first-order valence-electron chi connectivity index (χ1n) is 8.93. The Morgan fingerprint density at radius 1 is 1.39 bits per heavy atom. The highest BCUT2D eigenvalue weighted by molar-refractivity contribution is 7.46. The van der Waals surface area contributed by atoms with E-state index in [1.165, 1.54) is 0 Å². The number of hydrogen-bond donors (Lipinski definition) is 7. The second-order valence-corrected chi connectivity index (χ2v) is 7.89. The molecule has 4 atom stereocenters. The lowest BCUT2D eigenvalue weighted by Gasteiger charge is -2.19. The van der Waals surface area contributed by atoms with E-state index in [9.17, 15) is 24.4 Å². The van der Waals surface area contributed by atoms with Crippen LogP contribution < -0.4 is 16.7 Å². The highest BCUT2D eigenvalue weighted by Crippen LogP contribution is 2.38. The zero-order valence-electron chi connectivity index (χ0n) is 15.9. The van der Waals surface area contributed by atoms with Gasteiger partial charge in [0.15, 0.2) is 12.0 Å². The normalized spacial score (nSPS) is 23.7. The minimum Gasteiger partial charge on any atom is -0.387 e. The maximum Gasteiger partial charge on any atom is 0.469 e. The lowest BCUT2D eigenvalue weighted by Crippen LogP contribution is -2.36. The predicted molar refractivity (Wildman–Crippen MR) is 102 cm³/mol. The van der Waals surface area contributed by atoms with Crippen LogP contribution in [0, 0.1) is 0 Å². The molecule has 1 amide bonds. The lowest BCUT2D eigenvalue weighted by atomic mass is 10.1. The second kappa shape index (κ2) is 9.23. The number of carbonyl (C=O) groups excluding carboxylic acids is 1. The Kier molecular flexibility index (Phi) is 6.86. The molecule has 0 saturated carbocycles. The number of nitrogen functional groups attached to an aromatic ring is 1. The molecule has 3 heterocycles. The number of nitrogens with zero attached hydrogens (tertiary/aromatic N) is 3. The fraction of sp³-hybridized carbons (Fsp3) is 0.467. The number of amides is 1. The number of aromatic nitrogens is 4. The molecule has 3 rings (SSSR count). The molecule has 2 aromatic heterocycles. The third kappa shape index (κ3) is 5.74. The molecule has 8 N–H and O–H groups in total. The number of imidazole rings is 1. The van der Waals surface area contributed by atoms with E-state index in [-0.39, 0.29) is 17.9 Å². The number of rotatable bonds is 8. The first kappa shape index (κ1) is 23.0. The van der Waals surface area contributed by atoms with Crippen LogP contribution in [0.3, 0.4) is 0 Å². The Hall–Kier alpha value is -2.65. The number of anilines is 2. The molecule has 0 spiro atoms. The average Bonchev–Trinajstić information content (AvgIpc) is 3.30. The van der Waals surface area contributed by atoms with Gasteiger partial charge in [-0.3, -0.25) is 13.9 Å². The Bertz CT molecular complexity index is 1020. The molecule has 0 radical (unpaired) electrons. The number of phosphoric ester groups is 1. The van der Waals surface area contributed by atoms with Gasteiger partial charge in [0, 0.05) is 31.4 Å². The van der Waals surface area contributed by atoms with Crippen LogP contribution >= 0.6 is 7.82 Å². The van der Waals surface area contributed by atoms with Gasteiger partial charge in [-0.05, 0) is 0 Å². The molecule has 1 aliphatic heterocycles. The van der Waals surface area contributed by atoms with Gasteiger partial charge < -0.3 is 40.8 Å². The van der Waals surface area contributed by atoms with Crippen molar-refractivity contribution in [3.63, 3.8) is 0 Å². The molecule has 31 heavy (non-hydrogen) atoms. The van der Waals surface area contributed by atoms with Crippen molar-refractivity contribution in [3.8, 4) is 0 Å². The molecule has 15 nitrogen and oxygen atoms in total. The zero-order chi connectivity index (χ0) is 22.8. The fourth-order valence-corrected chi connectivity index (χ4v) is 3.25. The Morgan fingerprint density at radius 2 is 2.13 bits per heavy atom. The number of aromatic amines is 1. The van der Waals surface area contributed by atoms with Crippen LogP contribution in [-0.2, 0) is 25.0 Å². The first-order valence-corrected chi connectivity index (χ1v) is 10.5. The topological polar surface area (TPSA) is 235 Å². The van der Waals surface area contributed by atoms with E-state index in [0.717, 1.165) is 10.8 Å². The monoisotopic (exact) mass is 460 g/mol. The smallest absolute Gasteiger partial charge is 0.387 e. The average molecular weight is 460 g/mol. The molecular weight excluding hydrogens is 439 g/mol. The SMILES string of the molecule is Nc1nc(=O)n([C@@H]2O[C@H](COP(=O)(O)O)C(O)C2O)cc1NC(=O)CCc1ncc[nH]1. The molecule has 170 valence electrons. The summed E-state index contributed by atoms with van der Waals surface area (Å²) in [5, 5.41) is 22.8. The summed E-state index contributed by atoms with van der Waals surface area (Å²) >= 11 is 0. The maximum atomic E-state index is 12.2. The summed E-state index contributed by atoms with van der Waals surface area (Å²) in [6.07, 6.45) is -1.47. The number of phosphoric acid groups is 1. The molecule has 1 fully saturated rings. The van der Waals surface area contributed by atoms with E-state index in [1.807, 2.05) is 0 Å². The van der Waals surface area contributed by atoms with E-state index in [2.05, 4.69) is 24.8 Å². The number of nitrogens with one attached hydrogen (secondary N) is 2. The van der Waals surface area contributed by atoms with E-state index < -0.39 is 50.6 Å². The van der Waals surface area contributed by atoms with Gasteiger partial charge in [0.2, 0.25) is 5.91 Å². The highest BCUT2D eigenvalue weighted by atomic mass is 31.2. The summed E-state index contributed by atoms with van der Waals surface area (Å²) in [5.74, 6) is -0.121. The van der Waals surface area contributed by atoms with Crippen LogP contribution in [0.5, 0.6) is 0 Å². The number of H-pyrrole nitrogens is 1. The molecule has 0 bridgehead atoms. The number of aliphatic hydroxyl groups excluding tert-OH is 2. The van der Waals surface area contributed by atoms with Crippen LogP contribution in [0.25, 0.3) is 0 Å². The van der Waals surface area contributed by atoms with E-state index in [1.54, 1.807) is 12.4 Å². The van der Waals surface area contributed by atoms with Gasteiger partial charge >= 0.3 is 13.5 Å². The minimum atomic E-state index is -4.85. The van der Waals surface area contributed by atoms with Gasteiger partial charge in [0.05, 0.1) is 6.61 Å². The molecule has 0 aliphatic carbocycles. The first-order chi connectivity index (χ1) is 14.5. The van der Waals surface area contributed by atoms with Crippen molar-refractivity contribution >= 4 is 25.2 Å². The Morgan fingerprint density at radius 3 is 2.77 bits per heavy atom. The molecule has 2 unspecified atom stereocenters. The molecule has 1 aliphatic rings. The highest BCUT2D eigenvalue weighted by Gasteiger charge is 2.45. The predicted octanol–water partition coefficient (Wildman–Crippen LogP) is -2.15. The van der Waals surface area contributed by atoms with Crippen LogP contribution in [0.4, 0.5) is 11.5 Å². The zero-order valence-corrected chi connectivity index (χ0v) is 16.8. The Balaban J connectivity index is 1.73. The number of nitrogens with two attached hydrogens (primary N) is 1. The third-order valence-electron chi connectivity index (χ3n) is 4.42. The van der Waals surface area contributed by atoms with Gasteiger partial charge in [-0.15, -0.1) is 0 Å². The summed E-state index contributed by atoms with van der Waals surface area (Å²) in [6, 6.07) is 0. The van der Waals surface area contributed by atoms with E-state index in [0.29, 0.717) is 12.2 Å². The third-order valence-corrected chi connectivity index (χ3v) is 4.90. The summed E-state index contributed by atoms with van der Waals surface area (Å²) in [6.45, 7) is -0.744. The summed E-state index contributed by atoms with van der Waals surface area (Å²) < 4.78 is 21.3. The summed E-state index contributed by atoms with van der Waals surface area (Å²) in [5.41, 5.74) is 4.71. The Labute approximate surface area is 174 Å². The maximum absolute atomic E-state index is 12.2. The van der Waals surface area contributed by atoms with E-state index in [4.69, 9.17) is 20.3 Å². The van der Waals surface area contributed by atoms with Crippen molar-refractivity contribution in [3.05, 3.63) is 34.9 Å². The lowest BCUT2D eigenvalue weighted by molar-refractivity contribution is -0.116. The van der Waals surface area contributed by atoms with Crippen LogP contribution in [0.1, 0.15) is 18.5 Å². The molecule has 16 heteroatoms. The van der Waals surface area contributed by atoms with Crippen LogP contribution in [0.2, 0.25) is 0 Å². The van der Waals surface area contributed by atoms with Crippen molar-refractivity contribution < 1.29 is 38.6 Å². The minimum absolute atomic E-state index is 0.0377. The number of ether oxygens (including phenoxy) is 1. The van der Waals surface area contributed by atoms with Crippen molar-refractivity contribution in [2.75, 3.05) is 17.7 Å². The van der Waals surface area contributed by atoms with Crippen molar-refractivity contribution in [2.24, 2.45) is 0 Å². The van der Waals surface area contributed by atoms with Crippen molar-refractivity contribution in [2.45, 2.75) is 37.4 Å². The molecular formula is C15H21N6O9P. The van der Waals surface area contributed by atoms with Gasteiger partial charge in [-0.25, -0.2) is 14.3 Å². The van der Waals surface area contributed by atoms with Gasteiger partial charge in [-0.2, -0.15) is 4.98 Å². The largest absolute Gasteiger partial charge is 0.469 e. The second-order valence-electron chi connectivity index (χ2n) is 6.65. The number of hydrogen-bond acceptors (Lipinski definition) is 10. The standard InChI is InChI=1S/C15H21N6O9P/c16-13-7(19-10(22)2-1-9-17-3-4-18-9)5-21(15(25)20-13)14-12(24)11(23)8(30-14)6-29-31(26,27)28/h3-5,8,11-12,14,23-24H,1-2,6H2,(H,17,18)(H,19,22)(H2,16,20,25)(H2,26,27,28)/t8-,11?,12?,14-/m1/s1. The van der Waals surface area contributed by atoms with Crippen LogP contribution in [-0.4, -0.2) is 70.3 Å². The van der Waals surface area contributed by atoms with Gasteiger partial charge in [0.1, 0.15) is 29.8 Å². The van der Waals surface area contributed by atoms with Crippen LogP contribution in [0.15, 0.2) is 23.4 Å². The molecule has 2 aromatic rings. The van der Waals surface area contributed by atoms with Crippen molar-refractivity contribution in [1.82, 2.24) is 19.5 Å². The number of aliphatic hydroxyl groups is 2. The van der Waals surface area contributed by atoms with Crippen molar-refractivity contribution in [1.29, 1.82) is 0 Å². The fourth-order valence-electron chi connectivity index (χ4n) is 2.91. The summed E-state index contributed by atoms with van der Waals surface area (Å²) in [7, 11) is -4.85.